The van der Waals surface area contributed by atoms with Crippen LogP contribution in [0.25, 0.3) is 5.57 Å². The van der Waals surface area contributed by atoms with Crippen LogP contribution in [-0.2, 0) is 9.53 Å². The van der Waals surface area contributed by atoms with Crippen molar-refractivity contribution in [3.8, 4) is 0 Å². The number of nitrogens with two attached hydrogens (primary N) is 1. The van der Waals surface area contributed by atoms with Crippen LogP contribution in [0.15, 0.2) is 24.5 Å². The number of aromatic nitrogens is 1. The molecule has 4 nitrogen and oxygen atoms in total. The number of rotatable bonds is 3. The Morgan fingerprint density at radius 1 is 1.67 bits per heavy atom. The van der Waals surface area contributed by atoms with Crippen molar-refractivity contribution in [1.29, 1.82) is 0 Å². The molecule has 1 aromatic heterocycles. The maximum Gasteiger partial charge on any atom is 0.341 e. The molecule has 0 aromatic carbocycles. The molecule has 15 heavy (non-hydrogen) atoms. The molecule has 0 aliphatic heterocycles. The van der Waals surface area contributed by atoms with E-state index in [0.717, 1.165) is 5.56 Å². The molecule has 80 valence electrons. The van der Waals surface area contributed by atoms with Crippen LogP contribution in [-0.4, -0.2) is 17.6 Å². The van der Waals surface area contributed by atoms with E-state index < -0.39 is 5.97 Å². The Labute approximate surface area is 88.8 Å². The lowest BCUT2D eigenvalue weighted by molar-refractivity contribution is -0.136. The average molecular weight is 206 g/mol. The number of pyridine rings is 1. The first-order chi connectivity index (χ1) is 7.19. The summed E-state index contributed by atoms with van der Waals surface area (Å²) in [5.41, 5.74) is 7.23. The van der Waals surface area contributed by atoms with E-state index in [4.69, 9.17) is 10.5 Å². The molecule has 0 spiro atoms. The fourth-order valence-corrected chi connectivity index (χ4v) is 1.15. The molecule has 0 aliphatic carbocycles. The van der Waals surface area contributed by atoms with Crippen LogP contribution in [0, 0.1) is 6.92 Å². The van der Waals surface area contributed by atoms with E-state index in [0.29, 0.717) is 17.9 Å². The monoisotopic (exact) mass is 206 g/mol. The Balaban J connectivity index is 2.99. The normalized spacial score (nSPS) is 11.2. The van der Waals surface area contributed by atoms with Crippen molar-refractivity contribution in [3.63, 3.8) is 0 Å². The van der Waals surface area contributed by atoms with Gasteiger partial charge in [-0.05, 0) is 31.5 Å². The summed E-state index contributed by atoms with van der Waals surface area (Å²) in [6, 6.07) is 3.64. The van der Waals surface area contributed by atoms with Gasteiger partial charge in [-0.15, -0.1) is 0 Å². The van der Waals surface area contributed by atoms with Crippen molar-refractivity contribution in [3.05, 3.63) is 35.8 Å². The summed E-state index contributed by atoms with van der Waals surface area (Å²) in [6.07, 6.45) is 2.85. The second kappa shape index (κ2) is 5.14. The lowest BCUT2D eigenvalue weighted by atomic mass is 10.1. The average Bonchev–Trinajstić information content (AvgIpc) is 2.19. The Kier molecular flexibility index (Phi) is 3.85. The SMILES string of the molecule is CCOC(=O)C(=CN)c1cc(C)ccn1. The molecule has 0 amide bonds. The van der Waals surface area contributed by atoms with E-state index in [-0.39, 0.29) is 0 Å². The van der Waals surface area contributed by atoms with Crippen LogP contribution in [0.4, 0.5) is 0 Å². The topological polar surface area (TPSA) is 65.2 Å². The number of aryl methyl sites for hydroxylation is 1. The van der Waals surface area contributed by atoms with Crippen molar-refractivity contribution in [2.24, 2.45) is 5.73 Å². The van der Waals surface area contributed by atoms with Gasteiger partial charge < -0.3 is 10.5 Å². The highest BCUT2D eigenvalue weighted by atomic mass is 16.5. The minimum Gasteiger partial charge on any atom is -0.462 e. The Morgan fingerprint density at radius 2 is 2.40 bits per heavy atom. The van der Waals surface area contributed by atoms with E-state index in [2.05, 4.69) is 4.98 Å². The molecule has 1 rings (SSSR count). The maximum absolute atomic E-state index is 11.5. The summed E-state index contributed by atoms with van der Waals surface area (Å²) in [5.74, 6) is -0.446. The molecule has 0 unspecified atom stereocenters. The zero-order chi connectivity index (χ0) is 11.3. The summed E-state index contributed by atoms with van der Waals surface area (Å²) in [4.78, 5) is 15.5. The van der Waals surface area contributed by atoms with E-state index in [9.17, 15) is 4.79 Å². The molecule has 0 saturated heterocycles. The third-order valence-corrected chi connectivity index (χ3v) is 1.85. The highest BCUT2D eigenvalue weighted by Gasteiger charge is 2.13. The van der Waals surface area contributed by atoms with Crippen LogP contribution >= 0.6 is 0 Å². The molecule has 0 bridgehead atoms. The number of nitrogens with zero attached hydrogens (tertiary/aromatic N) is 1. The Bertz CT molecular complexity index is 386. The molecule has 0 radical (unpaired) electrons. The summed E-state index contributed by atoms with van der Waals surface area (Å²) in [7, 11) is 0. The zero-order valence-electron chi connectivity index (χ0n) is 8.86. The third kappa shape index (κ3) is 2.80. The van der Waals surface area contributed by atoms with Crippen LogP contribution in [0.1, 0.15) is 18.2 Å². The molecule has 0 atom stereocenters. The first kappa shape index (κ1) is 11.2. The third-order valence-electron chi connectivity index (χ3n) is 1.85. The van der Waals surface area contributed by atoms with E-state index in [1.165, 1.54) is 6.20 Å². The molecule has 4 heteroatoms. The van der Waals surface area contributed by atoms with Gasteiger partial charge in [0, 0.05) is 12.4 Å². The van der Waals surface area contributed by atoms with Crippen molar-refractivity contribution in [2.75, 3.05) is 6.61 Å². The van der Waals surface area contributed by atoms with Gasteiger partial charge in [-0.3, -0.25) is 4.98 Å². The van der Waals surface area contributed by atoms with E-state index in [1.807, 2.05) is 13.0 Å². The van der Waals surface area contributed by atoms with Crippen LogP contribution in [0.3, 0.4) is 0 Å². The van der Waals surface area contributed by atoms with Crippen molar-refractivity contribution < 1.29 is 9.53 Å². The van der Waals surface area contributed by atoms with Crippen LogP contribution in [0.2, 0.25) is 0 Å². The fraction of sp³-hybridized carbons (Fsp3) is 0.273. The number of carbonyl (C=O) groups excluding carboxylic acids is 1. The largest absolute Gasteiger partial charge is 0.462 e. The molecule has 1 heterocycles. The van der Waals surface area contributed by atoms with Crippen LogP contribution in [0.5, 0.6) is 0 Å². The predicted molar refractivity (Wildman–Crippen MR) is 57.8 cm³/mol. The van der Waals surface area contributed by atoms with Gasteiger partial charge >= 0.3 is 5.97 Å². The first-order valence-corrected chi connectivity index (χ1v) is 4.71. The summed E-state index contributed by atoms with van der Waals surface area (Å²) >= 11 is 0. The van der Waals surface area contributed by atoms with Gasteiger partial charge in [-0.1, -0.05) is 0 Å². The van der Waals surface area contributed by atoms with Crippen LogP contribution < -0.4 is 5.73 Å². The minimum atomic E-state index is -0.446. The molecule has 1 aromatic rings. The van der Waals surface area contributed by atoms with Crippen molar-refractivity contribution >= 4 is 11.5 Å². The van der Waals surface area contributed by atoms with E-state index >= 15 is 0 Å². The standard InChI is InChI=1S/C11H14N2O2/c1-3-15-11(14)9(7-12)10-6-8(2)4-5-13-10/h4-7H,3,12H2,1-2H3. The number of ether oxygens (including phenoxy) is 1. The van der Waals surface area contributed by atoms with Crippen molar-refractivity contribution in [1.82, 2.24) is 4.98 Å². The molecule has 0 aliphatic rings. The van der Waals surface area contributed by atoms with E-state index in [1.54, 1.807) is 19.2 Å². The summed E-state index contributed by atoms with van der Waals surface area (Å²) in [5, 5.41) is 0. The first-order valence-electron chi connectivity index (χ1n) is 4.71. The number of hydrogen-bond donors (Lipinski definition) is 1. The molecule has 0 saturated carbocycles. The number of hydrogen-bond acceptors (Lipinski definition) is 4. The molecular formula is C11H14N2O2. The quantitative estimate of drug-likeness (QED) is 0.597. The van der Waals surface area contributed by atoms with Gasteiger partial charge in [0.25, 0.3) is 0 Å². The minimum absolute atomic E-state index is 0.292. The van der Waals surface area contributed by atoms with Crippen molar-refractivity contribution in [2.45, 2.75) is 13.8 Å². The van der Waals surface area contributed by atoms with Gasteiger partial charge in [0.2, 0.25) is 0 Å². The highest BCUT2D eigenvalue weighted by molar-refractivity contribution is 6.15. The van der Waals surface area contributed by atoms with Gasteiger partial charge in [-0.2, -0.15) is 0 Å². The molecule has 0 fully saturated rings. The number of carbonyl (C=O) groups is 1. The fourth-order valence-electron chi connectivity index (χ4n) is 1.15. The predicted octanol–water partition coefficient (Wildman–Crippen LogP) is 1.25. The molecule has 2 N–H and O–H groups in total. The van der Waals surface area contributed by atoms with Gasteiger partial charge in [0.1, 0.15) is 5.57 Å². The number of esters is 1. The maximum atomic E-state index is 11.5. The van der Waals surface area contributed by atoms with Gasteiger partial charge in [0.05, 0.1) is 12.3 Å². The summed E-state index contributed by atoms with van der Waals surface area (Å²) < 4.78 is 4.86. The van der Waals surface area contributed by atoms with Gasteiger partial charge in [0.15, 0.2) is 0 Å². The second-order valence-electron chi connectivity index (χ2n) is 3.02. The lowest BCUT2D eigenvalue weighted by Gasteiger charge is -2.05. The zero-order valence-corrected chi connectivity index (χ0v) is 8.86. The Hall–Kier alpha value is -1.84. The Morgan fingerprint density at radius 3 is 2.93 bits per heavy atom. The van der Waals surface area contributed by atoms with Gasteiger partial charge in [-0.25, -0.2) is 4.79 Å². The smallest absolute Gasteiger partial charge is 0.341 e. The molecular weight excluding hydrogens is 192 g/mol. The highest BCUT2D eigenvalue weighted by Crippen LogP contribution is 2.13. The summed E-state index contributed by atoms with van der Waals surface area (Å²) in [6.45, 7) is 3.99. The second-order valence-corrected chi connectivity index (χ2v) is 3.02. The lowest BCUT2D eigenvalue weighted by Crippen LogP contribution is -2.09.